The smallest absolute Gasteiger partial charge is 0.244 e. The van der Waals surface area contributed by atoms with Crippen LogP contribution in [0.1, 0.15) is 24.1 Å². The number of hydrogen-bond donors (Lipinski definition) is 1. The van der Waals surface area contributed by atoms with Crippen molar-refractivity contribution in [3.05, 3.63) is 35.4 Å². The van der Waals surface area contributed by atoms with Gasteiger partial charge in [-0.1, -0.05) is 0 Å². The Hall–Kier alpha value is -2.72. The maximum absolute atomic E-state index is 13.7. The van der Waals surface area contributed by atoms with E-state index in [-0.39, 0.29) is 23.9 Å². The van der Waals surface area contributed by atoms with Crippen LogP contribution in [0.5, 0.6) is 5.88 Å². The molecule has 31 heavy (non-hydrogen) atoms. The number of pyridine rings is 1. The van der Waals surface area contributed by atoms with Gasteiger partial charge in [0.05, 0.1) is 31.2 Å². The first kappa shape index (κ1) is 21.5. The number of piperidine rings is 1. The van der Waals surface area contributed by atoms with Crippen LogP contribution in [-0.2, 0) is 22.6 Å². The van der Waals surface area contributed by atoms with E-state index in [0.717, 1.165) is 43.4 Å². The Morgan fingerprint density at radius 1 is 1.32 bits per heavy atom. The fourth-order valence-corrected chi connectivity index (χ4v) is 4.45. The molecule has 2 aromatic heterocycles. The van der Waals surface area contributed by atoms with Crippen LogP contribution in [0, 0.1) is 12.7 Å². The molecule has 2 N–H and O–H groups in total. The number of aryl methyl sites for hydroxylation is 1. The summed E-state index contributed by atoms with van der Waals surface area (Å²) < 4.78 is 26.7. The van der Waals surface area contributed by atoms with Crippen LogP contribution in [-0.4, -0.2) is 76.0 Å². The second kappa shape index (κ2) is 8.80. The van der Waals surface area contributed by atoms with Crippen molar-refractivity contribution in [2.45, 2.75) is 38.5 Å². The zero-order valence-electron chi connectivity index (χ0n) is 18.0. The van der Waals surface area contributed by atoms with Crippen LogP contribution < -0.4 is 10.5 Å². The second-order valence-electron chi connectivity index (χ2n) is 8.31. The number of likely N-dealkylation sites (tertiary alicyclic amines) is 1. The molecule has 2 fully saturated rings. The average Bonchev–Trinajstić information content (AvgIpc) is 3.05. The van der Waals surface area contributed by atoms with E-state index < -0.39 is 0 Å². The molecule has 10 heteroatoms. The Morgan fingerprint density at radius 3 is 2.77 bits per heavy atom. The number of nitrogens with zero attached hydrogens (tertiary/aromatic N) is 5. The Labute approximate surface area is 180 Å². The van der Waals surface area contributed by atoms with Gasteiger partial charge >= 0.3 is 0 Å². The molecule has 168 valence electrons. The van der Waals surface area contributed by atoms with Gasteiger partial charge in [0.25, 0.3) is 0 Å². The molecule has 0 unspecified atom stereocenters. The average molecular weight is 433 g/mol. The summed E-state index contributed by atoms with van der Waals surface area (Å²) in [6, 6.07) is 3.23. The number of nitrogen functional groups attached to an aromatic ring is 1. The number of carbonyl (C=O) groups is 1. The number of nitrogens with two attached hydrogens (primary N) is 1. The van der Waals surface area contributed by atoms with Crippen molar-refractivity contribution >= 4 is 11.7 Å². The topological polar surface area (TPSA) is 98.7 Å². The Balaban J connectivity index is 1.35. The van der Waals surface area contributed by atoms with Gasteiger partial charge in [0.15, 0.2) is 0 Å². The minimum Gasteiger partial charge on any atom is -0.481 e. The van der Waals surface area contributed by atoms with Gasteiger partial charge in [-0.15, -0.1) is 0 Å². The molecule has 0 atom stereocenters. The number of amides is 1. The van der Waals surface area contributed by atoms with E-state index in [1.165, 1.54) is 13.2 Å². The Bertz CT molecular complexity index is 941. The molecule has 0 bridgehead atoms. The number of halogens is 1. The van der Waals surface area contributed by atoms with Gasteiger partial charge in [-0.2, -0.15) is 5.10 Å². The molecule has 2 aromatic rings. The summed E-state index contributed by atoms with van der Waals surface area (Å²) in [5.41, 5.74) is 7.12. The van der Waals surface area contributed by atoms with Crippen molar-refractivity contribution in [3.8, 4) is 5.88 Å². The van der Waals surface area contributed by atoms with Crippen molar-refractivity contribution in [1.82, 2.24) is 24.6 Å². The standard InChI is InChI=1S/C21H29FN6O3/c1-15-9-18(23)28(25-15)13-19(29)27-5-3-21(4-6-27)14-26(7-8-31-21)12-16-10-17(22)11-24-20(16)30-2/h9-11H,3-8,12-14,23H2,1-2H3. The van der Waals surface area contributed by atoms with Crippen LogP contribution in [0.4, 0.5) is 10.2 Å². The van der Waals surface area contributed by atoms with Crippen molar-refractivity contribution < 1.29 is 18.7 Å². The molecule has 2 saturated heterocycles. The summed E-state index contributed by atoms with van der Waals surface area (Å²) in [6.45, 7) is 5.86. The zero-order chi connectivity index (χ0) is 22.0. The van der Waals surface area contributed by atoms with Gasteiger partial charge in [-0.3, -0.25) is 9.69 Å². The molecule has 4 rings (SSSR count). The van der Waals surface area contributed by atoms with E-state index in [4.69, 9.17) is 15.2 Å². The molecule has 2 aliphatic heterocycles. The van der Waals surface area contributed by atoms with Gasteiger partial charge in [-0.25, -0.2) is 14.1 Å². The highest BCUT2D eigenvalue weighted by molar-refractivity contribution is 5.76. The number of ether oxygens (including phenoxy) is 2. The summed E-state index contributed by atoms with van der Waals surface area (Å²) in [6.07, 6.45) is 2.66. The van der Waals surface area contributed by atoms with E-state index in [1.807, 2.05) is 11.8 Å². The molecule has 0 aromatic carbocycles. The largest absolute Gasteiger partial charge is 0.481 e. The van der Waals surface area contributed by atoms with Crippen molar-refractivity contribution in [3.63, 3.8) is 0 Å². The van der Waals surface area contributed by atoms with Gasteiger partial charge in [0.2, 0.25) is 11.8 Å². The monoisotopic (exact) mass is 432 g/mol. The third kappa shape index (κ3) is 4.80. The lowest BCUT2D eigenvalue weighted by Gasteiger charge is -2.47. The maximum atomic E-state index is 13.7. The first-order valence-electron chi connectivity index (χ1n) is 10.5. The summed E-state index contributed by atoms with van der Waals surface area (Å²) in [7, 11) is 1.54. The number of carbonyl (C=O) groups excluding carboxylic acids is 1. The predicted molar refractivity (Wildman–Crippen MR) is 112 cm³/mol. The summed E-state index contributed by atoms with van der Waals surface area (Å²) in [4.78, 5) is 20.8. The molecule has 2 aliphatic rings. The maximum Gasteiger partial charge on any atom is 0.244 e. The molecular formula is C21H29FN6O3. The summed E-state index contributed by atoms with van der Waals surface area (Å²) >= 11 is 0. The molecule has 0 radical (unpaired) electrons. The zero-order valence-corrected chi connectivity index (χ0v) is 18.0. The predicted octanol–water partition coefficient (Wildman–Crippen LogP) is 1.21. The number of hydrogen-bond acceptors (Lipinski definition) is 7. The summed E-state index contributed by atoms with van der Waals surface area (Å²) in [5, 5.41) is 4.27. The number of anilines is 1. The first-order chi connectivity index (χ1) is 14.9. The van der Waals surface area contributed by atoms with Gasteiger partial charge in [-0.05, 0) is 25.8 Å². The second-order valence-corrected chi connectivity index (χ2v) is 8.31. The fourth-order valence-electron chi connectivity index (χ4n) is 4.45. The van der Waals surface area contributed by atoms with E-state index in [2.05, 4.69) is 15.0 Å². The van der Waals surface area contributed by atoms with Crippen molar-refractivity contribution in [2.75, 3.05) is 45.6 Å². The summed E-state index contributed by atoms with van der Waals surface area (Å²) in [5.74, 6) is 0.565. The molecule has 9 nitrogen and oxygen atoms in total. The van der Waals surface area contributed by atoms with Gasteiger partial charge < -0.3 is 20.1 Å². The molecule has 0 saturated carbocycles. The molecule has 4 heterocycles. The minimum atomic E-state index is -0.376. The Morgan fingerprint density at radius 2 is 2.10 bits per heavy atom. The van der Waals surface area contributed by atoms with Gasteiger partial charge in [0.1, 0.15) is 18.2 Å². The van der Waals surface area contributed by atoms with E-state index >= 15 is 0 Å². The first-order valence-corrected chi connectivity index (χ1v) is 10.5. The molecule has 1 amide bonds. The quantitative estimate of drug-likeness (QED) is 0.758. The van der Waals surface area contributed by atoms with Crippen LogP contribution in [0.3, 0.4) is 0 Å². The Kier molecular flexibility index (Phi) is 6.10. The minimum absolute atomic E-state index is 0.00730. The number of methoxy groups -OCH3 is 1. The third-order valence-corrected chi connectivity index (χ3v) is 6.05. The van der Waals surface area contributed by atoms with Crippen molar-refractivity contribution in [2.24, 2.45) is 0 Å². The normalized spacial score (nSPS) is 19.0. The molecule has 0 aliphatic carbocycles. The van der Waals surface area contributed by atoms with Crippen molar-refractivity contribution in [1.29, 1.82) is 0 Å². The highest BCUT2D eigenvalue weighted by Gasteiger charge is 2.40. The lowest BCUT2D eigenvalue weighted by molar-refractivity contribution is -0.151. The number of aromatic nitrogens is 3. The third-order valence-electron chi connectivity index (χ3n) is 6.05. The number of rotatable bonds is 5. The van der Waals surface area contributed by atoms with Crippen LogP contribution in [0.2, 0.25) is 0 Å². The van der Waals surface area contributed by atoms with Crippen LogP contribution in [0.15, 0.2) is 18.3 Å². The fraction of sp³-hybridized carbons (Fsp3) is 0.571. The van der Waals surface area contributed by atoms with E-state index in [9.17, 15) is 9.18 Å². The van der Waals surface area contributed by atoms with Crippen LogP contribution >= 0.6 is 0 Å². The number of morpholine rings is 1. The molecule has 1 spiro atoms. The lowest BCUT2D eigenvalue weighted by atomic mass is 9.89. The SMILES string of the molecule is COc1ncc(F)cc1CN1CCOC2(CCN(C(=O)Cn3nc(C)cc3N)CC2)C1. The van der Waals surface area contributed by atoms with E-state index in [0.29, 0.717) is 37.9 Å². The lowest BCUT2D eigenvalue weighted by Crippen LogP contribution is -2.57. The van der Waals surface area contributed by atoms with Crippen LogP contribution in [0.25, 0.3) is 0 Å². The van der Waals surface area contributed by atoms with Gasteiger partial charge in [0, 0.05) is 44.4 Å². The highest BCUT2D eigenvalue weighted by Crippen LogP contribution is 2.31. The highest BCUT2D eigenvalue weighted by atomic mass is 19.1. The molecular weight excluding hydrogens is 403 g/mol. The van der Waals surface area contributed by atoms with E-state index in [1.54, 1.807) is 10.7 Å².